The maximum absolute atomic E-state index is 12.5. The number of rotatable bonds is 6. The van der Waals surface area contributed by atoms with Crippen molar-refractivity contribution in [2.75, 3.05) is 6.54 Å². The van der Waals surface area contributed by atoms with Crippen molar-refractivity contribution < 1.29 is 14.7 Å². The quantitative estimate of drug-likeness (QED) is 0.850. The van der Waals surface area contributed by atoms with E-state index in [2.05, 4.69) is 10.4 Å². The average Bonchev–Trinajstić information content (AvgIpc) is 3.00. The van der Waals surface area contributed by atoms with Gasteiger partial charge in [0.2, 0.25) is 5.91 Å². The van der Waals surface area contributed by atoms with E-state index in [4.69, 9.17) is 5.11 Å². The number of hydrogen-bond acceptors (Lipinski definition) is 3. The summed E-state index contributed by atoms with van der Waals surface area (Å²) in [5.41, 5.74) is -0.238. The predicted octanol–water partition coefficient (Wildman–Crippen LogP) is 1.70. The van der Waals surface area contributed by atoms with E-state index in [1.807, 2.05) is 30.3 Å². The van der Waals surface area contributed by atoms with Crippen molar-refractivity contribution in [3.05, 3.63) is 54.4 Å². The van der Waals surface area contributed by atoms with Gasteiger partial charge in [0, 0.05) is 18.9 Å². The Bertz CT molecular complexity index is 636. The van der Waals surface area contributed by atoms with E-state index in [1.165, 1.54) is 0 Å². The van der Waals surface area contributed by atoms with Gasteiger partial charge < -0.3 is 10.4 Å². The second-order valence-electron chi connectivity index (χ2n) is 5.71. The Balaban J connectivity index is 2.20. The van der Waals surface area contributed by atoms with Crippen molar-refractivity contribution >= 4 is 11.9 Å². The first kappa shape index (κ1) is 15.8. The third kappa shape index (κ3) is 3.52. The lowest BCUT2D eigenvalue weighted by molar-refractivity contribution is -0.146. The molecule has 0 aliphatic carbocycles. The van der Waals surface area contributed by atoms with Gasteiger partial charge in [-0.2, -0.15) is 5.10 Å². The molecule has 1 atom stereocenters. The molecule has 1 aromatic carbocycles. The Kier molecular flexibility index (Phi) is 4.60. The Morgan fingerprint density at radius 3 is 2.50 bits per heavy atom. The van der Waals surface area contributed by atoms with Crippen LogP contribution in [-0.4, -0.2) is 33.3 Å². The molecule has 0 saturated heterocycles. The zero-order valence-electron chi connectivity index (χ0n) is 12.6. The van der Waals surface area contributed by atoms with Crippen LogP contribution in [0.5, 0.6) is 0 Å². The van der Waals surface area contributed by atoms with Gasteiger partial charge in [0.25, 0.3) is 0 Å². The molecule has 1 heterocycles. The van der Waals surface area contributed by atoms with Crippen LogP contribution < -0.4 is 5.32 Å². The first-order valence-electron chi connectivity index (χ1n) is 6.97. The summed E-state index contributed by atoms with van der Waals surface area (Å²) < 4.78 is 1.55. The minimum absolute atomic E-state index is 0.0474. The van der Waals surface area contributed by atoms with E-state index in [-0.39, 0.29) is 12.5 Å². The summed E-state index contributed by atoms with van der Waals surface area (Å²) in [5, 5.41) is 16.0. The number of carbonyl (C=O) groups excluding carboxylic acids is 1. The van der Waals surface area contributed by atoms with Crippen LogP contribution in [0.15, 0.2) is 48.8 Å². The normalized spacial score (nSPS) is 12.6. The number of aromatic nitrogens is 2. The van der Waals surface area contributed by atoms with Gasteiger partial charge >= 0.3 is 5.97 Å². The Labute approximate surface area is 128 Å². The number of nitrogens with one attached hydrogen (secondary N) is 1. The molecule has 1 aromatic heterocycles. The van der Waals surface area contributed by atoms with Gasteiger partial charge in [-0.05, 0) is 25.5 Å². The number of nitrogens with zero attached hydrogens (tertiary/aromatic N) is 2. The minimum Gasteiger partial charge on any atom is -0.481 e. The monoisotopic (exact) mass is 301 g/mol. The molecule has 1 unspecified atom stereocenters. The van der Waals surface area contributed by atoms with Gasteiger partial charge in [-0.3, -0.25) is 14.3 Å². The van der Waals surface area contributed by atoms with Crippen molar-refractivity contribution in [2.24, 2.45) is 5.41 Å². The molecule has 6 nitrogen and oxygen atoms in total. The predicted molar refractivity (Wildman–Crippen MR) is 81.2 cm³/mol. The maximum atomic E-state index is 12.5. The van der Waals surface area contributed by atoms with Gasteiger partial charge in [0.15, 0.2) is 6.04 Å². The molecule has 22 heavy (non-hydrogen) atoms. The highest BCUT2D eigenvalue weighted by molar-refractivity contribution is 5.84. The lowest BCUT2D eigenvalue weighted by atomic mass is 9.93. The molecular formula is C16H19N3O3. The molecule has 0 aliphatic heterocycles. The van der Waals surface area contributed by atoms with Crippen LogP contribution in [-0.2, 0) is 9.59 Å². The van der Waals surface area contributed by atoms with E-state index >= 15 is 0 Å². The van der Waals surface area contributed by atoms with Crippen molar-refractivity contribution in [3.63, 3.8) is 0 Å². The molecule has 0 bridgehead atoms. The second kappa shape index (κ2) is 6.43. The van der Waals surface area contributed by atoms with Crippen LogP contribution in [0, 0.1) is 5.41 Å². The first-order valence-corrected chi connectivity index (χ1v) is 6.97. The number of carboxylic acid groups (broad SMARTS) is 1. The van der Waals surface area contributed by atoms with E-state index in [9.17, 15) is 9.59 Å². The second-order valence-corrected chi connectivity index (χ2v) is 5.71. The largest absolute Gasteiger partial charge is 0.481 e. The van der Waals surface area contributed by atoms with Crippen LogP contribution in [0.4, 0.5) is 0 Å². The van der Waals surface area contributed by atoms with Gasteiger partial charge in [-0.25, -0.2) is 0 Å². The number of benzene rings is 1. The standard InChI is InChI=1S/C16H19N3O3/c1-16(2,15(21)22)11-17-14(20)13(19-10-6-9-18-19)12-7-4-3-5-8-12/h3-10,13H,11H2,1-2H3,(H,17,20)(H,21,22). The van der Waals surface area contributed by atoms with Crippen LogP contribution in [0.3, 0.4) is 0 Å². The summed E-state index contributed by atoms with van der Waals surface area (Å²) in [7, 11) is 0. The molecule has 0 fully saturated rings. The Morgan fingerprint density at radius 1 is 1.27 bits per heavy atom. The molecule has 6 heteroatoms. The summed E-state index contributed by atoms with van der Waals surface area (Å²) in [6, 6.07) is 10.4. The van der Waals surface area contributed by atoms with E-state index in [0.717, 1.165) is 5.56 Å². The summed E-state index contributed by atoms with van der Waals surface area (Å²) in [6.45, 7) is 3.19. The summed E-state index contributed by atoms with van der Waals surface area (Å²) in [5.74, 6) is -1.24. The molecule has 0 radical (unpaired) electrons. The number of hydrogen-bond donors (Lipinski definition) is 2. The van der Waals surface area contributed by atoms with Crippen molar-refractivity contribution in [1.29, 1.82) is 0 Å². The lowest BCUT2D eigenvalue weighted by Gasteiger charge is -2.23. The highest BCUT2D eigenvalue weighted by atomic mass is 16.4. The van der Waals surface area contributed by atoms with Crippen LogP contribution in [0.1, 0.15) is 25.5 Å². The maximum Gasteiger partial charge on any atom is 0.310 e. The van der Waals surface area contributed by atoms with Gasteiger partial charge in [-0.1, -0.05) is 30.3 Å². The van der Waals surface area contributed by atoms with Gasteiger partial charge in [0.1, 0.15) is 0 Å². The molecule has 116 valence electrons. The zero-order valence-corrected chi connectivity index (χ0v) is 12.6. The number of carboxylic acids is 1. The molecule has 0 saturated carbocycles. The molecule has 1 amide bonds. The SMILES string of the molecule is CC(C)(CNC(=O)C(c1ccccc1)n1cccn1)C(=O)O. The van der Waals surface area contributed by atoms with E-state index in [0.29, 0.717) is 0 Å². The molecule has 0 aliphatic rings. The van der Waals surface area contributed by atoms with Gasteiger partial charge in [-0.15, -0.1) is 0 Å². The third-order valence-corrected chi connectivity index (χ3v) is 3.44. The minimum atomic E-state index is -1.03. The van der Waals surface area contributed by atoms with E-state index < -0.39 is 17.4 Å². The Morgan fingerprint density at radius 2 is 1.95 bits per heavy atom. The topological polar surface area (TPSA) is 84.2 Å². The molecule has 2 rings (SSSR count). The van der Waals surface area contributed by atoms with Crippen molar-refractivity contribution in [3.8, 4) is 0 Å². The number of carbonyl (C=O) groups is 2. The fraction of sp³-hybridized carbons (Fsp3) is 0.312. The highest BCUT2D eigenvalue weighted by Crippen LogP contribution is 2.19. The molecule has 2 N–H and O–H groups in total. The molecular weight excluding hydrogens is 282 g/mol. The third-order valence-electron chi connectivity index (χ3n) is 3.44. The lowest BCUT2D eigenvalue weighted by Crippen LogP contribution is -2.42. The van der Waals surface area contributed by atoms with Crippen LogP contribution in [0.2, 0.25) is 0 Å². The fourth-order valence-corrected chi connectivity index (χ4v) is 1.97. The molecule has 0 spiro atoms. The molecule has 2 aromatic rings. The van der Waals surface area contributed by atoms with Crippen LogP contribution >= 0.6 is 0 Å². The van der Waals surface area contributed by atoms with Crippen LogP contribution in [0.25, 0.3) is 0 Å². The fourth-order valence-electron chi connectivity index (χ4n) is 1.97. The number of aliphatic carboxylic acids is 1. The summed E-state index contributed by atoms with van der Waals surface area (Å²) >= 11 is 0. The summed E-state index contributed by atoms with van der Waals surface area (Å²) in [6.07, 6.45) is 3.31. The first-order chi connectivity index (χ1) is 10.4. The smallest absolute Gasteiger partial charge is 0.310 e. The van der Waals surface area contributed by atoms with E-state index in [1.54, 1.807) is 37.0 Å². The number of amides is 1. The highest BCUT2D eigenvalue weighted by Gasteiger charge is 2.30. The average molecular weight is 301 g/mol. The van der Waals surface area contributed by atoms with Crippen molar-refractivity contribution in [1.82, 2.24) is 15.1 Å². The Hall–Kier alpha value is -2.63. The zero-order chi connectivity index (χ0) is 16.2. The summed E-state index contributed by atoms with van der Waals surface area (Å²) in [4.78, 5) is 23.7. The van der Waals surface area contributed by atoms with Gasteiger partial charge in [0.05, 0.1) is 5.41 Å². The van der Waals surface area contributed by atoms with Crippen molar-refractivity contribution in [2.45, 2.75) is 19.9 Å².